The number of nitro benzene ring substituents is 2. The van der Waals surface area contributed by atoms with Gasteiger partial charge in [0.2, 0.25) is 5.75 Å². The maximum atomic E-state index is 13.8. The van der Waals surface area contributed by atoms with Crippen molar-refractivity contribution in [1.82, 2.24) is 4.57 Å². The maximum Gasteiger partial charge on any atom is 0.338 e. The molecule has 2 heterocycles. The van der Waals surface area contributed by atoms with Gasteiger partial charge in [0.15, 0.2) is 4.80 Å². The van der Waals surface area contributed by atoms with Crippen molar-refractivity contribution in [2.24, 2.45) is 4.99 Å². The molecule has 218 valence electrons. The number of carbonyl (C=O) groups excluding carboxylic acids is 1. The Labute approximate surface area is 247 Å². The topological polar surface area (TPSA) is 156 Å². The minimum atomic E-state index is -0.755. The highest BCUT2D eigenvalue weighted by atomic mass is 32.1. The number of esters is 1. The lowest BCUT2D eigenvalue weighted by molar-refractivity contribution is -0.394. The average molecular weight is 601 g/mol. The minimum Gasteiger partial charge on any atom is -0.463 e. The van der Waals surface area contributed by atoms with Crippen molar-refractivity contribution in [3.63, 3.8) is 0 Å². The number of ether oxygens (including phenoxy) is 2. The smallest absolute Gasteiger partial charge is 0.338 e. The van der Waals surface area contributed by atoms with Crippen LogP contribution in [-0.4, -0.2) is 27.0 Å². The molecule has 0 unspecified atom stereocenters. The summed E-state index contributed by atoms with van der Waals surface area (Å²) in [5.41, 5.74) is 1.90. The first-order chi connectivity index (χ1) is 20.6. The molecule has 12 nitrogen and oxygen atoms in total. The van der Waals surface area contributed by atoms with Crippen LogP contribution >= 0.6 is 11.3 Å². The Morgan fingerprint density at radius 3 is 2.35 bits per heavy atom. The molecule has 3 aromatic carbocycles. The van der Waals surface area contributed by atoms with Crippen LogP contribution in [0.15, 0.2) is 87.8 Å². The van der Waals surface area contributed by atoms with Crippen LogP contribution in [0.2, 0.25) is 0 Å². The number of hydrogen-bond donors (Lipinski definition) is 0. The highest BCUT2D eigenvalue weighted by Gasteiger charge is 2.33. The van der Waals surface area contributed by atoms with E-state index in [4.69, 9.17) is 9.47 Å². The minimum absolute atomic E-state index is 0.152. The zero-order chi connectivity index (χ0) is 30.8. The Hall–Kier alpha value is -5.43. The Balaban J connectivity index is 1.51. The first-order valence-electron chi connectivity index (χ1n) is 13.0. The third kappa shape index (κ3) is 5.83. The number of aryl methyl sites for hydroxylation is 1. The molecular formula is C30H24N4O8S. The van der Waals surface area contributed by atoms with E-state index in [1.807, 2.05) is 31.2 Å². The lowest BCUT2D eigenvalue weighted by Crippen LogP contribution is -2.39. The Morgan fingerprint density at radius 1 is 1.02 bits per heavy atom. The fourth-order valence-corrected chi connectivity index (χ4v) is 5.66. The van der Waals surface area contributed by atoms with Crippen molar-refractivity contribution >= 4 is 34.8 Å². The molecule has 0 fully saturated rings. The number of fused-ring (bicyclic) bond motifs is 1. The fourth-order valence-electron chi connectivity index (χ4n) is 4.61. The van der Waals surface area contributed by atoms with E-state index in [2.05, 4.69) is 4.99 Å². The molecule has 4 aromatic rings. The van der Waals surface area contributed by atoms with Crippen molar-refractivity contribution in [2.45, 2.75) is 26.8 Å². The van der Waals surface area contributed by atoms with Crippen molar-refractivity contribution in [2.75, 3.05) is 6.61 Å². The molecule has 0 spiro atoms. The van der Waals surface area contributed by atoms with Gasteiger partial charge in [-0.1, -0.05) is 53.3 Å². The number of carbonyl (C=O) groups is 1. The van der Waals surface area contributed by atoms with Crippen molar-refractivity contribution < 1.29 is 24.1 Å². The van der Waals surface area contributed by atoms with E-state index < -0.39 is 33.2 Å². The molecule has 1 atom stereocenters. The van der Waals surface area contributed by atoms with Crippen LogP contribution in [0.1, 0.15) is 36.6 Å². The van der Waals surface area contributed by atoms with Gasteiger partial charge in [-0.25, -0.2) is 9.79 Å². The van der Waals surface area contributed by atoms with Gasteiger partial charge >= 0.3 is 11.7 Å². The van der Waals surface area contributed by atoms with Gasteiger partial charge < -0.3 is 9.47 Å². The van der Waals surface area contributed by atoms with Gasteiger partial charge in [0.25, 0.3) is 11.2 Å². The van der Waals surface area contributed by atoms with Crippen molar-refractivity contribution in [1.29, 1.82) is 0 Å². The molecule has 1 aliphatic heterocycles. The number of allylic oxidation sites excluding steroid dienone is 1. The molecule has 0 aliphatic carbocycles. The van der Waals surface area contributed by atoms with E-state index in [-0.39, 0.29) is 23.7 Å². The summed E-state index contributed by atoms with van der Waals surface area (Å²) in [7, 11) is 0. The maximum absolute atomic E-state index is 13.8. The number of nitrogens with zero attached hydrogens (tertiary/aromatic N) is 4. The molecule has 5 rings (SSSR count). The third-order valence-electron chi connectivity index (χ3n) is 6.67. The summed E-state index contributed by atoms with van der Waals surface area (Å²) in [6, 6.07) is 16.4. The normalized spacial score (nSPS) is 14.6. The van der Waals surface area contributed by atoms with Gasteiger partial charge in [0, 0.05) is 6.07 Å². The Kier molecular flexibility index (Phi) is 7.99. The lowest BCUT2D eigenvalue weighted by atomic mass is 9.95. The van der Waals surface area contributed by atoms with E-state index in [1.165, 1.54) is 22.0 Å². The first kappa shape index (κ1) is 29.1. The number of non-ortho nitro benzene ring substituents is 1. The van der Waals surface area contributed by atoms with Gasteiger partial charge in [0.05, 0.1) is 44.4 Å². The van der Waals surface area contributed by atoms with Crippen LogP contribution in [0, 0.1) is 27.2 Å². The Bertz CT molecular complexity index is 1980. The fraction of sp³-hybridized carbons (Fsp3) is 0.167. The summed E-state index contributed by atoms with van der Waals surface area (Å²) in [5, 5.41) is 22.4. The van der Waals surface area contributed by atoms with Crippen LogP contribution in [0.5, 0.6) is 11.5 Å². The second kappa shape index (κ2) is 11.8. The number of hydrogen-bond acceptors (Lipinski definition) is 10. The summed E-state index contributed by atoms with van der Waals surface area (Å²) < 4.78 is 12.8. The van der Waals surface area contributed by atoms with Gasteiger partial charge in [-0.3, -0.25) is 29.6 Å². The number of benzene rings is 3. The number of aromatic nitrogens is 1. The standard InChI is InChI=1S/C30H24N4O8S/c1-4-41-29(36)26-18(3)31-30-32(27(26)20-9-5-17(2)6-10-20)28(35)25(43-30)15-19-7-12-22(13-8-19)42-24-14-11-21(33(37)38)16-23(24)34(39)40/h5-16,27H,4H2,1-3H3/b25-15+/t27-/m1/s1. The average Bonchev–Trinajstić information content (AvgIpc) is 3.27. The SMILES string of the molecule is CCOC(=O)C1=C(C)N=c2s/c(=C/c3ccc(Oc4ccc([N+](=O)[O-])cc4[N+](=O)[O-])cc3)c(=O)n2[C@@H]1c1ccc(C)cc1. The van der Waals surface area contributed by atoms with Crippen LogP contribution in [-0.2, 0) is 9.53 Å². The van der Waals surface area contributed by atoms with Crippen molar-refractivity contribution in [3.8, 4) is 11.5 Å². The summed E-state index contributed by atoms with van der Waals surface area (Å²) in [5.74, 6) is -0.433. The van der Waals surface area contributed by atoms with Crippen LogP contribution in [0.4, 0.5) is 11.4 Å². The molecule has 0 N–H and O–H groups in total. The Morgan fingerprint density at radius 2 is 1.72 bits per heavy atom. The van der Waals surface area contributed by atoms with E-state index in [9.17, 15) is 29.8 Å². The molecule has 13 heteroatoms. The monoisotopic (exact) mass is 600 g/mol. The largest absolute Gasteiger partial charge is 0.463 e. The predicted octanol–water partition coefficient (Wildman–Crippen LogP) is 4.72. The number of thiazole rings is 1. The van der Waals surface area contributed by atoms with Crippen LogP contribution in [0.25, 0.3) is 6.08 Å². The molecule has 0 saturated carbocycles. The quantitative estimate of drug-likeness (QED) is 0.160. The third-order valence-corrected chi connectivity index (χ3v) is 7.65. The first-order valence-corrected chi connectivity index (χ1v) is 13.9. The molecule has 0 amide bonds. The molecule has 0 saturated heterocycles. The summed E-state index contributed by atoms with van der Waals surface area (Å²) in [4.78, 5) is 52.7. The molecule has 43 heavy (non-hydrogen) atoms. The second-order valence-electron chi connectivity index (χ2n) is 9.55. The van der Waals surface area contributed by atoms with Crippen LogP contribution in [0.3, 0.4) is 0 Å². The van der Waals surface area contributed by atoms with Crippen LogP contribution < -0.4 is 19.6 Å². The van der Waals surface area contributed by atoms with E-state index in [1.54, 1.807) is 44.2 Å². The van der Waals surface area contributed by atoms with Crippen molar-refractivity contribution in [3.05, 3.63) is 135 Å². The van der Waals surface area contributed by atoms with Gasteiger partial charge in [-0.2, -0.15) is 0 Å². The summed E-state index contributed by atoms with van der Waals surface area (Å²) in [6.07, 6.45) is 1.68. The molecule has 1 aliphatic rings. The number of nitro groups is 2. The zero-order valence-corrected chi connectivity index (χ0v) is 24.0. The molecule has 1 aromatic heterocycles. The molecule has 0 bridgehead atoms. The molecular weight excluding hydrogens is 576 g/mol. The van der Waals surface area contributed by atoms with E-state index >= 15 is 0 Å². The molecule has 0 radical (unpaired) electrons. The highest BCUT2D eigenvalue weighted by Crippen LogP contribution is 2.34. The summed E-state index contributed by atoms with van der Waals surface area (Å²) >= 11 is 1.19. The lowest BCUT2D eigenvalue weighted by Gasteiger charge is -2.24. The van der Waals surface area contributed by atoms with Gasteiger partial charge in [0.1, 0.15) is 5.75 Å². The van der Waals surface area contributed by atoms with E-state index in [0.29, 0.717) is 26.2 Å². The second-order valence-corrected chi connectivity index (χ2v) is 10.6. The number of rotatable bonds is 8. The zero-order valence-electron chi connectivity index (χ0n) is 23.2. The van der Waals surface area contributed by atoms with E-state index in [0.717, 1.165) is 23.3 Å². The summed E-state index contributed by atoms with van der Waals surface area (Å²) in [6.45, 7) is 5.57. The highest BCUT2D eigenvalue weighted by molar-refractivity contribution is 7.07. The predicted molar refractivity (Wildman–Crippen MR) is 158 cm³/mol. The van der Waals surface area contributed by atoms with Gasteiger partial charge in [-0.15, -0.1) is 0 Å². The van der Waals surface area contributed by atoms with Gasteiger partial charge in [-0.05, 0) is 56.2 Å².